The Labute approximate surface area is 142 Å². The number of anilines is 1. The highest BCUT2D eigenvalue weighted by atomic mass is 32.1. The van der Waals surface area contributed by atoms with Crippen molar-refractivity contribution in [2.24, 2.45) is 0 Å². The Hall–Kier alpha value is -2.51. The molecule has 5 rings (SSSR count). The van der Waals surface area contributed by atoms with E-state index in [1.807, 2.05) is 17.8 Å². The highest BCUT2D eigenvalue weighted by Gasteiger charge is 2.20. The van der Waals surface area contributed by atoms with Gasteiger partial charge in [-0.3, -0.25) is 0 Å². The minimum Gasteiger partial charge on any atom is -0.378 e. The smallest absolute Gasteiger partial charge is 0.163 e. The molecule has 1 aromatic carbocycles. The molecule has 7 heteroatoms. The number of thiazole rings is 1. The van der Waals surface area contributed by atoms with Crippen molar-refractivity contribution in [2.45, 2.75) is 0 Å². The van der Waals surface area contributed by atoms with Crippen molar-refractivity contribution in [3.05, 3.63) is 36.0 Å². The van der Waals surface area contributed by atoms with Crippen molar-refractivity contribution < 1.29 is 4.74 Å². The van der Waals surface area contributed by atoms with Crippen molar-refractivity contribution in [3.8, 4) is 11.4 Å². The molecule has 0 spiro atoms. The summed E-state index contributed by atoms with van der Waals surface area (Å²) in [5.74, 6) is 1.66. The molecule has 4 heterocycles. The molecule has 120 valence electrons. The van der Waals surface area contributed by atoms with Gasteiger partial charge in [0, 0.05) is 35.8 Å². The number of aromatic amines is 1. The van der Waals surface area contributed by atoms with Gasteiger partial charge in [0.2, 0.25) is 0 Å². The lowest BCUT2D eigenvalue weighted by atomic mass is 10.1. The van der Waals surface area contributed by atoms with E-state index in [0.717, 1.165) is 64.8 Å². The Morgan fingerprint density at radius 1 is 1.12 bits per heavy atom. The van der Waals surface area contributed by atoms with Crippen molar-refractivity contribution in [2.75, 3.05) is 31.2 Å². The normalized spacial score (nSPS) is 15.4. The van der Waals surface area contributed by atoms with Crippen LogP contribution < -0.4 is 4.90 Å². The van der Waals surface area contributed by atoms with Crippen LogP contribution in [0.5, 0.6) is 0 Å². The molecular formula is C17H15N5OS. The molecule has 0 radical (unpaired) electrons. The SMILES string of the molecule is c1cc(-c2nc(N3CCOCC3)c3ncsc3n2)c2cc[nH]c2c1. The summed E-state index contributed by atoms with van der Waals surface area (Å²) < 4.78 is 5.47. The first-order valence-corrected chi connectivity index (χ1v) is 8.78. The van der Waals surface area contributed by atoms with Crippen molar-refractivity contribution in [3.63, 3.8) is 0 Å². The van der Waals surface area contributed by atoms with Gasteiger partial charge in [0.25, 0.3) is 0 Å². The predicted octanol–water partition coefficient (Wildman–Crippen LogP) is 3.07. The van der Waals surface area contributed by atoms with E-state index in [4.69, 9.17) is 14.7 Å². The van der Waals surface area contributed by atoms with Crippen LogP contribution in [0.25, 0.3) is 32.6 Å². The summed E-state index contributed by atoms with van der Waals surface area (Å²) in [6.07, 6.45) is 1.95. The Bertz CT molecular complexity index is 1020. The van der Waals surface area contributed by atoms with E-state index in [1.165, 1.54) is 0 Å². The molecule has 0 bridgehead atoms. The van der Waals surface area contributed by atoms with E-state index in [1.54, 1.807) is 11.3 Å². The van der Waals surface area contributed by atoms with Crippen LogP contribution in [0.15, 0.2) is 36.0 Å². The van der Waals surface area contributed by atoms with Gasteiger partial charge in [-0.1, -0.05) is 12.1 Å². The van der Waals surface area contributed by atoms with Gasteiger partial charge in [-0.05, 0) is 12.1 Å². The van der Waals surface area contributed by atoms with Gasteiger partial charge < -0.3 is 14.6 Å². The zero-order chi connectivity index (χ0) is 15.9. The Balaban J connectivity index is 1.73. The summed E-state index contributed by atoms with van der Waals surface area (Å²) in [4.78, 5) is 20.6. The third kappa shape index (κ3) is 2.16. The first-order chi connectivity index (χ1) is 11.9. The number of fused-ring (bicyclic) bond motifs is 2. The maximum atomic E-state index is 5.47. The van der Waals surface area contributed by atoms with E-state index in [2.05, 4.69) is 33.1 Å². The van der Waals surface area contributed by atoms with E-state index in [-0.39, 0.29) is 0 Å². The fourth-order valence-electron chi connectivity index (χ4n) is 3.14. The number of nitrogens with zero attached hydrogens (tertiary/aromatic N) is 4. The van der Waals surface area contributed by atoms with Crippen LogP contribution in [0.1, 0.15) is 0 Å². The molecule has 0 amide bonds. The van der Waals surface area contributed by atoms with E-state index in [0.29, 0.717) is 0 Å². The first-order valence-electron chi connectivity index (χ1n) is 7.90. The minimum absolute atomic E-state index is 0.721. The summed E-state index contributed by atoms with van der Waals surface area (Å²) in [6.45, 7) is 3.10. The fraction of sp³-hybridized carbons (Fsp3) is 0.235. The predicted molar refractivity (Wildman–Crippen MR) is 95.5 cm³/mol. The van der Waals surface area contributed by atoms with Gasteiger partial charge in [0.1, 0.15) is 10.3 Å². The monoisotopic (exact) mass is 337 g/mol. The number of morpholine rings is 1. The lowest BCUT2D eigenvalue weighted by molar-refractivity contribution is 0.122. The first kappa shape index (κ1) is 13.9. The molecule has 3 aromatic heterocycles. The van der Waals surface area contributed by atoms with Crippen molar-refractivity contribution in [1.29, 1.82) is 0 Å². The Kier molecular flexibility index (Phi) is 3.20. The van der Waals surface area contributed by atoms with Gasteiger partial charge >= 0.3 is 0 Å². The van der Waals surface area contributed by atoms with Crippen LogP contribution in [-0.4, -0.2) is 46.2 Å². The Morgan fingerprint density at radius 2 is 2.04 bits per heavy atom. The van der Waals surface area contributed by atoms with E-state index >= 15 is 0 Å². The fourth-order valence-corrected chi connectivity index (χ4v) is 3.80. The van der Waals surface area contributed by atoms with E-state index in [9.17, 15) is 0 Å². The zero-order valence-electron chi connectivity index (χ0n) is 12.9. The number of H-pyrrole nitrogens is 1. The van der Waals surface area contributed by atoms with Gasteiger partial charge in [0.05, 0.1) is 18.7 Å². The summed E-state index contributed by atoms with van der Waals surface area (Å²) in [7, 11) is 0. The number of rotatable bonds is 2. The molecule has 0 aliphatic carbocycles. The van der Waals surface area contributed by atoms with Gasteiger partial charge in [-0.25, -0.2) is 15.0 Å². The molecule has 1 aliphatic heterocycles. The standard InChI is InChI=1S/C17H15N5OS/c1-2-12(11-4-5-18-13(11)3-1)15-20-16(22-6-8-23-9-7-22)14-17(21-15)24-10-19-14/h1-5,10,18H,6-9H2. The largest absolute Gasteiger partial charge is 0.378 e. The summed E-state index contributed by atoms with van der Waals surface area (Å²) in [6, 6.07) is 8.23. The van der Waals surface area contributed by atoms with Crippen molar-refractivity contribution >= 4 is 38.4 Å². The van der Waals surface area contributed by atoms with Gasteiger partial charge in [0.15, 0.2) is 11.6 Å². The minimum atomic E-state index is 0.721. The lowest BCUT2D eigenvalue weighted by Gasteiger charge is -2.28. The molecular weight excluding hydrogens is 322 g/mol. The molecule has 0 unspecified atom stereocenters. The van der Waals surface area contributed by atoms with E-state index < -0.39 is 0 Å². The maximum Gasteiger partial charge on any atom is 0.163 e. The molecule has 1 aliphatic rings. The average Bonchev–Trinajstić information content (AvgIpc) is 3.30. The van der Waals surface area contributed by atoms with Crippen molar-refractivity contribution in [1.82, 2.24) is 19.9 Å². The molecule has 1 saturated heterocycles. The van der Waals surface area contributed by atoms with Crippen LogP contribution in [-0.2, 0) is 4.74 Å². The second-order valence-corrected chi connectivity index (χ2v) is 6.55. The number of hydrogen-bond acceptors (Lipinski definition) is 6. The van der Waals surface area contributed by atoms with Crippen LogP contribution >= 0.6 is 11.3 Å². The molecule has 0 saturated carbocycles. The molecule has 1 N–H and O–H groups in total. The lowest BCUT2D eigenvalue weighted by Crippen LogP contribution is -2.37. The number of ether oxygens (including phenoxy) is 1. The molecule has 4 aromatic rings. The van der Waals surface area contributed by atoms with Gasteiger partial charge in [-0.2, -0.15) is 0 Å². The highest BCUT2D eigenvalue weighted by Crippen LogP contribution is 2.32. The second-order valence-electron chi connectivity index (χ2n) is 5.72. The maximum absolute atomic E-state index is 5.47. The summed E-state index contributed by atoms with van der Waals surface area (Å²) >= 11 is 1.55. The topological polar surface area (TPSA) is 66.9 Å². The summed E-state index contributed by atoms with van der Waals surface area (Å²) in [5.41, 5.74) is 4.85. The Morgan fingerprint density at radius 3 is 2.96 bits per heavy atom. The third-order valence-corrected chi connectivity index (χ3v) is 5.04. The molecule has 1 fully saturated rings. The quantitative estimate of drug-likeness (QED) is 0.609. The summed E-state index contributed by atoms with van der Waals surface area (Å²) in [5, 5.41) is 1.13. The number of benzene rings is 1. The zero-order valence-corrected chi connectivity index (χ0v) is 13.7. The molecule has 6 nitrogen and oxygen atoms in total. The number of hydrogen-bond donors (Lipinski definition) is 1. The van der Waals surface area contributed by atoms with Crippen LogP contribution in [0.2, 0.25) is 0 Å². The van der Waals surface area contributed by atoms with Gasteiger partial charge in [-0.15, -0.1) is 11.3 Å². The molecule has 24 heavy (non-hydrogen) atoms. The second kappa shape index (κ2) is 5.54. The molecule has 0 atom stereocenters. The van der Waals surface area contributed by atoms with Crippen LogP contribution in [0.4, 0.5) is 5.82 Å². The van der Waals surface area contributed by atoms with Crippen LogP contribution in [0.3, 0.4) is 0 Å². The number of nitrogens with one attached hydrogen (secondary N) is 1. The third-order valence-electron chi connectivity index (χ3n) is 4.33. The highest BCUT2D eigenvalue weighted by molar-refractivity contribution is 7.16. The van der Waals surface area contributed by atoms with Crippen LogP contribution in [0, 0.1) is 0 Å². The average molecular weight is 337 g/mol. The number of aromatic nitrogens is 4.